The molecule has 1 unspecified atom stereocenters. The van der Waals surface area contributed by atoms with E-state index in [1.54, 1.807) is 11.8 Å². The fraction of sp³-hybridized carbons (Fsp3) is 0.500. The minimum atomic E-state index is -0.711. The second-order valence-corrected chi connectivity index (χ2v) is 7.72. The summed E-state index contributed by atoms with van der Waals surface area (Å²) in [5.41, 5.74) is 0.303. The zero-order chi connectivity index (χ0) is 14.9. The van der Waals surface area contributed by atoms with Gasteiger partial charge >= 0.3 is 0 Å². The van der Waals surface area contributed by atoms with Gasteiger partial charge in [-0.1, -0.05) is 44.1 Å². The summed E-state index contributed by atoms with van der Waals surface area (Å²) in [6.07, 6.45) is 1.02. The predicted molar refractivity (Wildman–Crippen MR) is 82.7 cm³/mol. The zero-order valence-corrected chi connectivity index (χ0v) is 13.2. The molecule has 1 N–H and O–H groups in total. The molecule has 1 aliphatic rings. The number of aliphatic imine (C=N–C) groups is 1. The van der Waals surface area contributed by atoms with Crippen LogP contribution in [0.25, 0.3) is 0 Å². The van der Waals surface area contributed by atoms with E-state index in [9.17, 15) is 8.78 Å². The van der Waals surface area contributed by atoms with Crippen molar-refractivity contribution in [2.45, 2.75) is 32.4 Å². The normalized spacial score (nSPS) is 19.1. The molecule has 0 saturated carbocycles. The van der Waals surface area contributed by atoms with Crippen molar-refractivity contribution in [1.82, 2.24) is 0 Å². The summed E-state index contributed by atoms with van der Waals surface area (Å²) < 4.78 is 26.7. The van der Waals surface area contributed by atoms with E-state index in [-0.39, 0.29) is 16.1 Å². The van der Waals surface area contributed by atoms with Crippen LogP contribution in [-0.2, 0) is 0 Å². The van der Waals surface area contributed by atoms with Crippen molar-refractivity contribution in [3.05, 3.63) is 28.8 Å². The van der Waals surface area contributed by atoms with E-state index in [0.717, 1.165) is 18.6 Å². The summed E-state index contributed by atoms with van der Waals surface area (Å²) in [5.74, 6) is -1.40. The summed E-state index contributed by atoms with van der Waals surface area (Å²) >= 11 is 7.42. The summed E-state index contributed by atoms with van der Waals surface area (Å²) in [4.78, 5) is 4.35. The standard InChI is InChI=1S/C14H17ClF2N2S/c1-14(2,3)6-9-7-18-13(20-9)19-12-10(15)4-8(16)5-11(12)17/h4-5,9H,6-7H2,1-3H3,(H,18,19). The second kappa shape index (κ2) is 5.90. The van der Waals surface area contributed by atoms with Crippen molar-refractivity contribution >= 4 is 34.2 Å². The van der Waals surface area contributed by atoms with E-state index in [4.69, 9.17) is 11.6 Å². The predicted octanol–water partition coefficient (Wildman–Crippen LogP) is 4.94. The highest BCUT2D eigenvalue weighted by molar-refractivity contribution is 8.15. The van der Waals surface area contributed by atoms with Crippen LogP contribution in [-0.4, -0.2) is 17.0 Å². The highest BCUT2D eigenvalue weighted by Gasteiger charge is 2.26. The Labute approximate surface area is 127 Å². The van der Waals surface area contributed by atoms with Gasteiger partial charge in [-0.2, -0.15) is 0 Å². The lowest BCUT2D eigenvalue weighted by molar-refractivity contribution is 0.375. The van der Waals surface area contributed by atoms with Crippen LogP contribution in [0.5, 0.6) is 0 Å². The van der Waals surface area contributed by atoms with Crippen molar-refractivity contribution in [2.75, 3.05) is 11.9 Å². The molecule has 0 bridgehead atoms. The molecular weight excluding hydrogens is 302 g/mol. The number of benzene rings is 1. The van der Waals surface area contributed by atoms with Crippen molar-refractivity contribution in [3.63, 3.8) is 0 Å². The van der Waals surface area contributed by atoms with Gasteiger partial charge in [-0.3, -0.25) is 4.99 Å². The van der Waals surface area contributed by atoms with Crippen molar-refractivity contribution < 1.29 is 8.78 Å². The van der Waals surface area contributed by atoms with Gasteiger partial charge in [0.25, 0.3) is 0 Å². The summed E-state index contributed by atoms with van der Waals surface area (Å²) in [6, 6.07) is 1.89. The van der Waals surface area contributed by atoms with Gasteiger partial charge in [0.2, 0.25) is 0 Å². The SMILES string of the molecule is CC(C)(C)CC1CN=C(Nc2c(F)cc(F)cc2Cl)S1. The number of halogens is 3. The summed E-state index contributed by atoms with van der Waals surface area (Å²) in [7, 11) is 0. The van der Waals surface area contributed by atoms with Crippen molar-refractivity contribution in [1.29, 1.82) is 0 Å². The Balaban J connectivity index is 2.03. The third kappa shape index (κ3) is 4.09. The van der Waals surface area contributed by atoms with Gasteiger partial charge < -0.3 is 5.32 Å². The van der Waals surface area contributed by atoms with Crippen LogP contribution in [0.2, 0.25) is 5.02 Å². The first-order valence-electron chi connectivity index (χ1n) is 6.37. The molecule has 0 saturated heterocycles. The molecule has 0 radical (unpaired) electrons. The van der Waals surface area contributed by atoms with Crippen LogP contribution >= 0.6 is 23.4 Å². The Bertz CT molecular complexity index is 517. The average Bonchev–Trinajstić information content (AvgIpc) is 2.68. The molecular formula is C14H17ClF2N2S. The number of nitrogens with one attached hydrogen (secondary N) is 1. The molecule has 1 aliphatic heterocycles. The van der Waals surface area contributed by atoms with E-state index < -0.39 is 11.6 Å². The molecule has 1 heterocycles. The van der Waals surface area contributed by atoms with Gasteiger partial charge in [-0.15, -0.1) is 0 Å². The monoisotopic (exact) mass is 318 g/mol. The number of thioether (sulfide) groups is 1. The van der Waals surface area contributed by atoms with E-state index in [0.29, 0.717) is 17.0 Å². The Morgan fingerprint density at radius 3 is 2.70 bits per heavy atom. The molecule has 2 rings (SSSR count). The molecule has 0 spiro atoms. The lowest BCUT2D eigenvalue weighted by Gasteiger charge is -2.21. The van der Waals surface area contributed by atoms with Crippen LogP contribution in [0.15, 0.2) is 17.1 Å². The molecule has 0 aromatic heterocycles. The van der Waals surface area contributed by atoms with Gasteiger partial charge in [0.1, 0.15) is 5.82 Å². The molecule has 0 aliphatic carbocycles. The fourth-order valence-corrected chi connectivity index (χ4v) is 3.64. The van der Waals surface area contributed by atoms with Gasteiger partial charge in [-0.25, -0.2) is 8.78 Å². The smallest absolute Gasteiger partial charge is 0.161 e. The third-order valence-electron chi connectivity index (χ3n) is 2.80. The maximum atomic E-state index is 13.7. The minimum absolute atomic E-state index is 0.0186. The number of amidine groups is 1. The Morgan fingerprint density at radius 2 is 2.10 bits per heavy atom. The molecule has 1 aromatic rings. The highest BCUT2D eigenvalue weighted by atomic mass is 35.5. The number of anilines is 1. The molecule has 2 nitrogen and oxygen atoms in total. The summed E-state index contributed by atoms with van der Waals surface area (Å²) in [6.45, 7) is 7.23. The fourth-order valence-electron chi connectivity index (χ4n) is 2.04. The first-order valence-corrected chi connectivity index (χ1v) is 7.63. The maximum Gasteiger partial charge on any atom is 0.161 e. The van der Waals surface area contributed by atoms with Gasteiger partial charge in [-0.05, 0) is 17.9 Å². The quantitative estimate of drug-likeness (QED) is 0.835. The lowest BCUT2D eigenvalue weighted by atomic mass is 9.90. The van der Waals surface area contributed by atoms with Crippen molar-refractivity contribution in [3.8, 4) is 0 Å². The minimum Gasteiger partial charge on any atom is -0.331 e. The third-order valence-corrected chi connectivity index (χ3v) is 4.20. The van der Waals surface area contributed by atoms with E-state index in [1.165, 1.54) is 0 Å². The van der Waals surface area contributed by atoms with E-state index in [2.05, 4.69) is 31.1 Å². The first kappa shape index (κ1) is 15.6. The maximum absolute atomic E-state index is 13.7. The van der Waals surface area contributed by atoms with Crippen LogP contribution in [0, 0.1) is 17.0 Å². The Kier molecular flexibility index (Phi) is 4.59. The van der Waals surface area contributed by atoms with E-state index >= 15 is 0 Å². The van der Waals surface area contributed by atoms with Crippen LogP contribution in [0.1, 0.15) is 27.2 Å². The topological polar surface area (TPSA) is 24.4 Å². The van der Waals surface area contributed by atoms with Gasteiger partial charge in [0, 0.05) is 11.3 Å². The number of hydrogen-bond acceptors (Lipinski definition) is 3. The number of nitrogens with zero attached hydrogens (tertiary/aromatic N) is 1. The Hall–Kier alpha value is -0.810. The van der Waals surface area contributed by atoms with Crippen LogP contribution in [0.4, 0.5) is 14.5 Å². The van der Waals surface area contributed by atoms with Gasteiger partial charge in [0.15, 0.2) is 11.0 Å². The first-order chi connectivity index (χ1) is 9.24. The molecule has 1 aromatic carbocycles. The molecule has 1 atom stereocenters. The molecule has 6 heteroatoms. The molecule has 0 fully saturated rings. The highest BCUT2D eigenvalue weighted by Crippen LogP contribution is 2.34. The largest absolute Gasteiger partial charge is 0.331 e. The van der Waals surface area contributed by atoms with E-state index in [1.807, 2.05) is 0 Å². The second-order valence-electron chi connectivity index (χ2n) is 6.02. The van der Waals surface area contributed by atoms with Crippen molar-refractivity contribution in [2.24, 2.45) is 10.4 Å². The lowest BCUT2D eigenvalue weighted by Crippen LogP contribution is -2.16. The number of hydrogen-bond donors (Lipinski definition) is 1. The molecule has 110 valence electrons. The number of rotatable bonds is 2. The van der Waals surface area contributed by atoms with Crippen LogP contribution < -0.4 is 5.32 Å². The zero-order valence-electron chi connectivity index (χ0n) is 11.6. The summed E-state index contributed by atoms with van der Waals surface area (Å²) in [5, 5.41) is 3.88. The molecule has 20 heavy (non-hydrogen) atoms. The van der Waals surface area contributed by atoms with Gasteiger partial charge in [0.05, 0.1) is 17.3 Å². The Morgan fingerprint density at radius 1 is 1.40 bits per heavy atom. The average molecular weight is 319 g/mol. The molecule has 0 amide bonds. The van der Waals surface area contributed by atoms with Crippen LogP contribution in [0.3, 0.4) is 0 Å².